The lowest BCUT2D eigenvalue weighted by molar-refractivity contribution is -0.127. The zero-order chi connectivity index (χ0) is 19.2. The molecular formula is C17H18BrFN2O4S. The van der Waals surface area contributed by atoms with Gasteiger partial charge in [-0.25, -0.2) is 17.5 Å². The number of halogens is 2. The SMILES string of the molecule is CC(Oc1ccc(F)cc1Br)C(=O)NCCNS(=O)(=O)c1ccccc1. The number of sulfonamides is 1. The van der Waals surface area contributed by atoms with E-state index in [2.05, 4.69) is 26.0 Å². The molecule has 0 saturated carbocycles. The lowest BCUT2D eigenvalue weighted by Crippen LogP contribution is -2.40. The van der Waals surface area contributed by atoms with Gasteiger partial charge in [0, 0.05) is 13.1 Å². The second-order valence-corrected chi connectivity index (χ2v) is 7.96. The molecule has 2 rings (SSSR count). The molecule has 6 nitrogen and oxygen atoms in total. The van der Waals surface area contributed by atoms with Crippen LogP contribution in [0.15, 0.2) is 57.9 Å². The number of hydrogen-bond donors (Lipinski definition) is 2. The topological polar surface area (TPSA) is 84.5 Å². The van der Waals surface area contributed by atoms with Crippen molar-refractivity contribution in [1.82, 2.24) is 10.0 Å². The van der Waals surface area contributed by atoms with Crippen LogP contribution in [-0.4, -0.2) is 33.5 Å². The van der Waals surface area contributed by atoms with Crippen LogP contribution >= 0.6 is 15.9 Å². The first kappa shape index (κ1) is 20.3. The first-order valence-electron chi connectivity index (χ1n) is 7.74. The molecule has 9 heteroatoms. The summed E-state index contributed by atoms with van der Waals surface area (Å²) < 4.78 is 45.4. The van der Waals surface area contributed by atoms with Gasteiger partial charge in [0.05, 0.1) is 9.37 Å². The summed E-state index contributed by atoms with van der Waals surface area (Å²) in [7, 11) is -3.61. The molecule has 0 spiro atoms. The van der Waals surface area contributed by atoms with Crippen molar-refractivity contribution in [3.63, 3.8) is 0 Å². The Labute approximate surface area is 159 Å². The fraction of sp³-hybridized carbons (Fsp3) is 0.235. The van der Waals surface area contributed by atoms with Crippen LogP contribution in [0.2, 0.25) is 0 Å². The molecule has 26 heavy (non-hydrogen) atoms. The summed E-state index contributed by atoms with van der Waals surface area (Å²) in [6.45, 7) is 1.68. The zero-order valence-corrected chi connectivity index (χ0v) is 16.3. The van der Waals surface area contributed by atoms with E-state index in [0.717, 1.165) is 0 Å². The van der Waals surface area contributed by atoms with Crippen LogP contribution in [-0.2, 0) is 14.8 Å². The minimum Gasteiger partial charge on any atom is -0.480 e. The fourth-order valence-electron chi connectivity index (χ4n) is 2.01. The van der Waals surface area contributed by atoms with Crippen molar-refractivity contribution in [2.45, 2.75) is 17.9 Å². The Hall–Kier alpha value is -1.97. The molecule has 140 valence electrons. The first-order valence-corrected chi connectivity index (χ1v) is 10.0. The third kappa shape index (κ3) is 5.79. The maximum Gasteiger partial charge on any atom is 0.260 e. The van der Waals surface area contributed by atoms with E-state index in [1.54, 1.807) is 25.1 Å². The first-order chi connectivity index (χ1) is 12.3. The van der Waals surface area contributed by atoms with Gasteiger partial charge < -0.3 is 10.1 Å². The summed E-state index contributed by atoms with van der Waals surface area (Å²) in [4.78, 5) is 12.2. The van der Waals surface area contributed by atoms with Crippen LogP contribution in [0.25, 0.3) is 0 Å². The number of hydrogen-bond acceptors (Lipinski definition) is 4. The number of nitrogens with one attached hydrogen (secondary N) is 2. The monoisotopic (exact) mass is 444 g/mol. The van der Waals surface area contributed by atoms with Crippen LogP contribution in [0, 0.1) is 5.82 Å². The number of amides is 1. The second-order valence-electron chi connectivity index (χ2n) is 5.34. The van der Waals surface area contributed by atoms with Gasteiger partial charge in [-0.1, -0.05) is 18.2 Å². The number of rotatable bonds is 8. The van der Waals surface area contributed by atoms with Gasteiger partial charge in [0.25, 0.3) is 5.91 Å². The van der Waals surface area contributed by atoms with E-state index >= 15 is 0 Å². The molecule has 0 radical (unpaired) electrons. The molecule has 1 atom stereocenters. The molecule has 0 saturated heterocycles. The normalized spacial score (nSPS) is 12.4. The molecule has 2 aromatic rings. The van der Waals surface area contributed by atoms with Crippen LogP contribution < -0.4 is 14.8 Å². The minimum atomic E-state index is -3.61. The quantitative estimate of drug-likeness (QED) is 0.612. The largest absolute Gasteiger partial charge is 0.480 e. The molecule has 2 N–H and O–H groups in total. The second kappa shape index (κ2) is 9.11. The summed E-state index contributed by atoms with van der Waals surface area (Å²) in [5.41, 5.74) is 0. The van der Waals surface area contributed by atoms with Gasteiger partial charge in [-0.2, -0.15) is 0 Å². The highest BCUT2D eigenvalue weighted by Crippen LogP contribution is 2.26. The Morgan fingerprint density at radius 3 is 2.54 bits per heavy atom. The Morgan fingerprint density at radius 2 is 1.88 bits per heavy atom. The van der Waals surface area contributed by atoms with E-state index in [-0.39, 0.29) is 18.0 Å². The summed E-state index contributed by atoms with van der Waals surface area (Å²) in [6.07, 6.45) is -0.831. The summed E-state index contributed by atoms with van der Waals surface area (Å²) >= 11 is 3.16. The predicted molar refractivity (Wildman–Crippen MR) is 98.8 cm³/mol. The molecular weight excluding hydrogens is 427 g/mol. The highest BCUT2D eigenvalue weighted by Gasteiger charge is 2.17. The van der Waals surface area contributed by atoms with E-state index in [9.17, 15) is 17.6 Å². The van der Waals surface area contributed by atoms with Crippen molar-refractivity contribution in [3.05, 3.63) is 58.8 Å². The number of carbonyl (C=O) groups is 1. The maximum atomic E-state index is 13.0. The number of ether oxygens (including phenoxy) is 1. The standard InChI is InChI=1S/C17H18BrFN2O4S/c1-12(25-16-8-7-13(19)11-15(16)18)17(22)20-9-10-21-26(23,24)14-5-3-2-4-6-14/h2-8,11-12,21H,9-10H2,1H3,(H,20,22). The summed E-state index contributed by atoms with van der Waals surface area (Å²) in [5, 5.41) is 2.58. The third-order valence-electron chi connectivity index (χ3n) is 3.34. The number of benzene rings is 2. The van der Waals surface area contributed by atoms with Crippen LogP contribution in [0.4, 0.5) is 4.39 Å². The van der Waals surface area contributed by atoms with Crippen LogP contribution in [0.1, 0.15) is 6.92 Å². The molecule has 2 aromatic carbocycles. The summed E-state index contributed by atoms with van der Waals surface area (Å²) in [6, 6.07) is 11.8. The molecule has 0 aromatic heterocycles. The van der Waals surface area contributed by atoms with Gasteiger partial charge in [-0.05, 0) is 53.2 Å². The average Bonchev–Trinajstić information content (AvgIpc) is 2.61. The highest BCUT2D eigenvalue weighted by molar-refractivity contribution is 9.10. The predicted octanol–water partition coefficient (Wildman–Crippen LogP) is 2.45. The van der Waals surface area contributed by atoms with Crippen molar-refractivity contribution in [2.24, 2.45) is 0 Å². The van der Waals surface area contributed by atoms with Gasteiger partial charge >= 0.3 is 0 Å². The molecule has 0 heterocycles. The van der Waals surface area contributed by atoms with Crippen molar-refractivity contribution >= 4 is 31.9 Å². The molecule has 0 aliphatic heterocycles. The van der Waals surface area contributed by atoms with E-state index in [1.165, 1.54) is 30.3 Å². The third-order valence-corrected chi connectivity index (χ3v) is 5.43. The van der Waals surface area contributed by atoms with Crippen LogP contribution in [0.5, 0.6) is 5.75 Å². The molecule has 0 bridgehead atoms. The average molecular weight is 445 g/mol. The van der Waals surface area contributed by atoms with Gasteiger partial charge in [-0.3, -0.25) is 4.79 Å². The van der Waals surface area contributed by atoms with Gasteiger partial charge in [0.15, 0.2) is 6.10 Å². The van der Waals surface area contributed by atoms with Gasteiger partial charge in [0.1, 0.15) is 11.6 Å². The molecule has 0 aliphatic carbocycles. The lowest BCUT2D eigenvalue weighted by atomic mass is 10.3. The van der Waals surface area contributed by atoms with Crippen molar-refractivity contribution < 1.29 is 22.3 Å². The zero-order valence-electron chi connectivity index (χ0n) is 13.9. The number of carbonyl (C=O) groups excluding carboxylic acids is 1. The van der Waals surface area contributed by atoms with Crippen molar-refractivity contribution in [1.29, 1.82) is 0 Å². The molecule has 1 amide bonds. The van der Waals surface area contributed by atoms with E-state index in [0.29, 0.717) is 10.2 Å². The Balaban J connectivity index is 1.79. The smallest absolute Gasteiger partial charge is 0.260 e. The summed E-state index contributed by atoms with van der Waals surface area (Å²) in [5.74, 6) is -0.508. The van der Waals surface area contributed by atoms with E-state index in [1.807, 2.05) is 0 Å². The molecule has 1 unspecified atom stereocenters. The minimum absolute atomic E-state index is 0.0376. The molecule has 0 aliphatic rings. The maximum absolute atomic E-state index is 13.0. The van der Waals surface area contributed by atoms with E-state index in [4.69, 9.17) is 4.74 Å². The van der Waals surface area contributed by atoms with Gasteiger partial charge in [0.2, 0.25) is 10.0 Å². The Morgan fingerprint density at radius 1 is 1.19 bits per heavy atom. The van der Waals surface area contributed by atoms with Gasteiger partial charge in [-0.15, -0.1) is 0 Å². The van der Waals surface area contributed by atoms with Crippen molar-refractivity contribution in [2.75, 3.05) is 13.1 Å². The Bertz CT molecular complexity index is 862. The highest BCUT2D eigenvalue weighted by atomic mass is 79.9. The molecule has 0 fully saturated rings. The lowest BCUT2D eigenvalue weighted by Gasteiger charge is -2.16. The fourth-order valence-corrected chi connectivity index (χ4v) is 3.51. The van der Waals surface area contributed by atoms with Crippen LogP contribution in [0.3, 0.4) is 0 Å². The Kier molecular flexibility index (Phi) is 7.13. The van der Waals surface area contributed by atoms with E-state index < -0.39 is 27.9 Å². The van der Waals surface area contributed by atoms with Crippen molar-refractivity contribution in [3.8, 4) is 5.75 Å².